The van der Waals surface area contributed by atoms with Gasteiger partial charge in [-0.25, -0.2) is 9.48 Å². The number of rotatable bonds is 3. The van der Waals surface area contributed by atoms with E-state index in [1.54, 1.807) is 12.1 Å². The highest BCUT2D eigenvalue weighted by Gasteiger charge is 2.19. The largest absolute Gasteiger partial charge is 0.476 e. The van der Waals surface area contributed by atoms with Gasteiger partial charge in [0.1, 0.15) is 0 Å². The number of aromatic carboxylic acids is 1. The van der Waals surface area contributed by atoms with Crippen LogP contribution >= 0.6 is 34.2 Å². The van der Waals surface area contributed by atoms with Crippen LogP contribution in [0.15, 0.2) is 18.2 Å². The van der Waals surface area contributed by atoms with Crippen molar-refractivity contribution in [2.45, 2.75) is 13.3 Å². The molecule has 0 aliphatic carbocycles. The molecule has 2 aromatic rings. The average Bonchev–Trinajstić information content (AvgIpc) is 2.72. The Balaban J connectivity index is 2.60. The highest BCUT2D eigenvalue weighted by molar-refractivity contribution is 14.1. The Labute approximate surface area is 122 Å². The molecule has 18 heavy (non-hydrogen) atoms. The normalized spacial score (nSPS) is 10.6. The number of carbonyl (C=O) groups is 1. The summed E-state index contributed by atoms with van der Waals surface area (Å²) in [6.45, 7) is 1.85. The van der Waals surface area contributed by atoms with Crippen molar-refractivity contribution in [3.8, 4) is 5.69 Å². The minimum Gasteiger partial charge on any atom is -0.476 e. The lowest BCUT2D eigenvalue weighted by Crippen LogP contribution is -2.06. The van der Waals surface area contributed by atoms with Gasteiger partial charge in [-0.1, -0.05) is 23.7 Å². The van der Waals surface area contributed by atoms with Gasteiger partial charge >= 0.3 is 5.97 Å². The van der Waals surface area contributed by atoms with Gasteiger partial charge in [0.15, 0.2) is 5.69 Å². The Morgan fingerprint density at radius 1 is 1.56 bits per heavy atom. The average molecular weight is 378 g/mol. The standard InChI is InChI=1S/C11H9ClIN3O2/c1-2-8-10(11(17)18)14-15-16(8)9-4-3-6(13)5-7(9)12/h3-5H,2H2,1H3,(H,17,18). The summed E-state index contributed by atoms with van der Waals surface area (Å²) in [7, 11) is 0. The first-order chi connectivity index (χ1) is 8.54. The van der Waals surface area contributed by atoms with Gasteiger partial charge < -0.3 is 5.11 Å². The lowest BCUT2D eigenvalue weighted by atomic mass is 10.2. The van der Waals surface area contributed by atoms with E-state index in [-0.39, 0.29) is 5.69 Å². The second kappa shape index (κ2) is 5.23. The van der Waals surface area contributed by atoms with Crippen molar-refractivity contribution in [3.63, 3.8) is 0 Å². The molecule has 0 saturated carbocycles. The van der Waals surface area contributed by atoms with Crippen LogP contribution in [0.2, 0.25) is 5.02 Å². The number of benzene rings is 1. The van der Waals surface area contributed by atoms with Crippen molar-refractivity contribution in [2.75, 3.05) is 0 Å². The Morgan fingerprint density at radius 3 is 2.83 bits per heavy atom. The van der Waals surface area contributed by atoms with Gasteiger partial charge in [-0.15, -0.1) is 5.10 Å². The second-order valence-electron chi connectivity index (χ2n) is 3.55. The van der Waals surface area contributed by atoms with Crippen molar-refractivity contribution in [1.82, 2.24) is 15.0 Å². The van der Waals surface area contributed by atoms with Crippen LogP contribution in [0.25, 0.3) is 5.69 Å². The van der Waals surface area contributed by atoms with Crippen molar-refractivity contribution in [1.29, 1.82) is 0 Å². The first-order valence-corrected chi connectivity index (χ1v) is 6.63. The van der Waals surface area contributed by atoms with E-state index in [1.807, 2.05) is 13.0 Å². The number of carboxylic acids is 1. The molecule has 0 aliphatic rings. The Hall–Kier alpha value is -1.15. The minimum atomic E-state index is -1.08. The molecule has 1 aromatic heterocycles. The highest BCUT2D eigenvalue weighted by atomic mass is 127. The molecule has 0 unspecified atom stereocenters. The molecule has 94 valence electrons. The second-order valence-corrected chi connectivity index (χ2v) is 5.20. The minimum absolute atomic E-state index is 0.0351. The van der Waals surface area contributed by atoms with Gasteiger partial charge in [0.25, 0.3) is 0 Å². The number of carboxylic acid groups (broad SMARTS) is 1. The summed E-state index contributed by atoms with van der Waals surface area (Å²) in [5.41, 5.74) is 1.13. The number of aromatic nitrogens is 3. The van der Waals surface area contributed by atoms with Crippen molar-refractivity contribution >= 4 is 40.2 Å². The molecule has 0 radical (unpaired) electrons. The monoisotopic (exact) mass is 377 g/mol. The van der Waals surface area contributed by atoms with Gasteiger partial charge in [0.2, 0.25) is 0 Å². The third-order valence-corrected chi connectivity index (χ3v) is 3.41. The Kier molecular flexibility index (Phi) is 3.86. The van der Waals surface area contributed by atoms with E-state index in [1.165, 1.54) is 4.68 Å². The van der Waals surface area contributed by atoms with Crippen LogP contribution in [-0.2, 0) is 6.42 Å². The first-order valence-electron chi connectivity index (χ1n) is 5.18. The van der Waals surface area contributed by atoms with Gasteiger partial charge in [0.05, 0.1) is 16.4 Å². The van der Waals surface area contributed by atoms with Crippen molar-refractivity contribution < 1.29 is 9.90 Å². The lowest BCUT2D eigenvalue weighted by Gasteiger charge is -2.07. The maximum absolute atomic E-state index is 11.0. The van der Waals surface area contributed by atoms with Crippen LogP contribution in [0.3, 0.4) is 0 Å². The SMILES string of the molecule is CCc1c(C(=O)O)nnn1-c1ccc(I)cc1Cl. The van der Waals surface area contributed by atoms with Gasteiger partial charge in [-0.2, -0.15) is 0 Å². The molecule has 0 aliphatic heterocycles. The molecule has 0 amide bonds. The molecule has 0 atom stereocenters. The third-order valence-electron chi connectivity index (χ3n) is 2.44. The summed E-state index contributed by atoms with van der Waals surface area (Å²) in [5.74, 6) is -1.08. The fourth-order valence-corrected chi connectivity index (χ4v) is 2.57. The molecule has 0 bridgehead atoms. The smallest absolute Gasteiger partial charge is 0.358 e. The Bertz CT molecular complexity index is 612. The molecule has 0 spiro atoms. The van der Waals surface area contributed by atoms with Gasteiger partial charge in [-0.3, -0.25) is 0 Å². The van der Waals surface area contributed by atoms with Gasteiger partial charge in [0, 0.05) is 3.57 Å². The van der Waals surface area contributed by atoms with E-state index >= 15 is 0 Å². The third kappa shape index (κ3) is 2.35. The van der Waals surface area contributed by atoms with Crippen LogP contribution in [0.1, 0.15) is 23.1 Å². The molecule has 7 heteroatoms. The molecule has 0 fully saturated rings. The summed E-state index contributed by atoms with van der Waals surface area (Å²) < 4.78 is 2.47. The molecule has 1 N–H and O–H groups in total. The van der Waals surface area contributed by atoms with E-state index < -0.39 is 5.97 Å². The summed E-state index contributed by atoms with van der Waals surface area (Å²) in [6, 6.07) is 5.46. The molecule has 1 heterocycles. The summed E-state index contributed by atoms with van der Waals surface area (Å²) in [4.78, 5) is 11.0. The topological polar surface area (TPSA) is 68.0 Å². The van der Waals surface area contributed by atoms with E-state index in [0.717, 1.165) is 3.57 Å². The molecule has 1 aromatic carbocycles. The molecule has 0 saturated heterocycles. The predicted octanol–water partition coefficient (Wildman–Crippen LogP) is 2.79. The summed E-state index contributed by atoms with van der Waals surface area (Å²) in [6.07, 6.45) is 0.511. The zero-order valence-corrected chi connectivity index (χ0v) is 12.3. The highest BCUT2D eigenvalue weighted by Crippen LogP contribution is 2.24. The van der Waals surface area contributed by atoms with Crippen LogP contribution < -0.4 is 0 Å². The summed E-state index contributed by atoms with van der Waals surface area (Å²) >= 11 is 8.29. The quantitative estimate of drug-likeness (QED) is 0.835. The lowest BCUT2D eigenvalue weighted by molar-refractivity contribution is 0.0689. The van der Waals surface area contributed by atoms with Crippen molar-refractivity contribution in [3.05, 3.63) is 38.2 Å². The van der Waals surface area contributed by atoms with E-state index in [9.17, 15) is 4.79 Å². The van der Waals surface area contributed by atoms with E-state index in [0.29, 0.717) is 22.8 Å². The number of nitrogens with zero attached hydrogens (tertiary/aromatic N) is 3. The number of halogens is 2. The summed E-state index contributed by atoms with van der Waals surface area (Å²) in [5, 5.41) is 17.1. The molecular weight excluding hydrogens is 368 g/mol. The van der Waals surface area contributed by atoms with Crippen molar-refractivity contribution in [2.24, 2.45) is 0 Å². The Morgan fingerprint density at radius 2 is 2.28 bits per heavy atom. The molecule has 2 rings (SSSR count). The maximum atomic E-state index is 11.0. The zero-order chi connectivity index (χ0) is 13.3. The van der Waals surface area contributed by atoms with Gasteiger partial charge in [-0.05, 0) is 47.2 Å². The van der Waals surface area contributed by atoms with E-state index in [2.05, 4.69) is 32.9 Å². The van der Waals surface area contributed by atoms with Crippen LogP contribution in [0, 0.1) is 3.57 Å². The zero-order valence-electron chi connectivity index (χ0n) is 9.39. The van der Waals surface area contributed by atoms with Crippen LogP contribution in [0.5, 0.6) is 0 Å². The fraction of sp³-hybridized carbons (Fsp3) is 0.182. The maximum Gasteiger partial charge on any atom is 0.358 e. The molecular formula is C11H9ClIN3O2. The predicted molar refractivity (Wildman–Crippen MR) is 75.4 cm³/mol. The van der Waals surface area contributed by atoms with Crippen LogP contribution in [-0.4, -0.2) is 26.1 Å². The molecule has 5 nitrogen and oxygen atoms in total. The number of hydrogen-bond acceptors (Lipinski definition) is 3. The number of hydrogen-bond donors (Lipinski definition) is 1. The first kappa shape index (κ1) is 13.3. The fourth-order valence-electron chi connectivity index (χ4n) is 1.63. The van der Waals surface area contributed by atoms with E-state index in [4.69, 9.17) is 16.7 Å². The van der Waals surface area contributed by atoms with Crippen LogP contribution in [0.4, 0.5) is 0 Å².